The molecule has 132 valence electrons. The highest BCUT2D eigenvalue weighted by Gasteiger charge is 2.31. The lowest BCUT2D eigenvalue weighted by atomic mass is 10.1. The molecule has 0 radical (unpaired) electrons. The van der Waals surface area contributed by atoms with Crippen molar-refractivity contribution in [1.29, 1.82) is 0 Å². The molecule has 0 aliphatic carbocycles. The van der Waals surface area contributed by atoms with E-state index in [1.54, 1.807) is 4.90 Å². The molecule has 2 heterocycles. The monoisotopic (exact) mass is 342 g/mol. The van der Waals surface area contributed by atoms with E-state index in [-0.39, 0.29) is 18.4 Å². The Morgan fingerprint density at radius 1 is 1.40 bits per heavy atom. The van der Waals surface area contributed by atoms with Gasteiger partial charge >= 0.3 is 0 Å². The number of carbonyl (C=O) groups is 2. The van der Waals surface area contributed by atoms with Crippen molar-refractivity contribution in [2.75, 3.05) is 6.54 Å². The molecule has 1 atom stereocenters. The second kappa shape index (κ2) is 7.46. The molecular formula is C18H22N4O3. The predicted molar refractivity (Wildman–Crippen MR) is 91.3 cm³/mol. The first-order valence-electron chi connectivity index (χ1n) is 8.56. The molecule has 1 aromatic heterocycles. The number of aromatic nitrogens is 2. The minimum Gasteiger partial charge on any atom is -0.347 e. The van der Waals surface area contributed by atoms with Gasteiger partial charge in [-0.1, -0.05) is 30.3 Å². The summed E-state index contributed by atoms with van der Waals surface area (Å²) in [7, 11) is 0. The van der Waals surface area contributed by atoms with Crippen molar-refractivity contribution in [2.45, 2.75) is 45.7 Å². The number of benzene rings is 1. The lowest BCUT2D eigenvalue weighted by molar-refractivity contribution is -0.137. The van der Waals surface area contributed by atoms with Crippen LogP contribution in [0.25, 0.3) is 11.5 Å². The maximum atomic E-state index is 12.4. The second-order valence-corrected chi connectivity index (χ2v) is 6.16. The minimum atomic E-state index is -0.433. The molecule has 3 rings (SSSR count). The number of likely N-dealkylation sites (tertiary alicyclic amines) is 1. The number of aryl methyl sites for hydroxylation is 1. The zero-order valence-electron chi connectivity index (χ0n) is 14.5. The van der Waals surface area contributed by atoms with Crippen LogP contribution in [0, 0.1) is 6.92 Å². The highest BCUT2D eigenvalue weighted by Crippen LogP contribution is 2.21. The standard InChI is InChI=1S/C18H22N4O3/c1-3-14(22-10-6-9-16(22)23)17(24)19-11-15-20-18(25-21-15)13-8-5-4-7-12(13)2/h4-5,7-8,14H,3,6,9-11H2,1-2H3,(H,19,24)/t14-/m0/s1. The molecule has 0 bridgehead atoms. The number of hydrogen-bond acceptors (Lipinski definition) is 5. The van der Waals surface area contributed by atoms with Crippen LogP contribution in [0.5, 0.6) is 0 Å². The molecule has 7 heteroatoms. The molecule has 1 aliphatic rings. The SMILES string of the molecule is CC[C@@H](C(=O)NCc1noc(-c2ccccc2C)n1)N1CCCC1=O. The van der Waals surface area contributed by atoms with E-state index in [0.29, 0.717) is 31.1 Å². The summed E-state index contributed by atoms with van der Waals surface area (Å²) in [4.78, 5) is 30.3. The van der Waals surface area contributed by atoms with Crippen molar-refractivity contribution < 1.29 is 14.1 Å². The van der Waals surface area contributed by atoms with Gasteiger partial charge in [0.2, 0.25) is 11.8 Å². The first-order valence-corrected chi connectivity index (χ1v) is 8.56. The lowest BCUT2D eigenvalue weighted by Crippen LogP contribution is -2.47. The van der Waals surface area contributed by atoms with E-state index >= 15 is 0 Å². The third-order valence-electron chi connectivity index (χ3n) is 4.44. The predicted octanol–water partition coefficient (Wildman–Crippen LogP) is 2.06. The highest BCUT2D eigenvalue weighted by atomic mass is 16.5. The Morgan fingerprint density at radius 3 is 2.88 bits per heavy atom. The summed E-state index contributed by atoms with van der Waals surface area (Å²) >= 11 is 0. The fraction of sp³-hybridized carbons (Fsp3) is 0.444. The van der Waals surface area contributed by atoms with Gasteiger partial charge < -0.3 is 14.7 Å². The smallest absolute Gasteiger partial charge is 0.258 e. The van der Waals surface area contributed by atoms with Crippen LogP contribution in [0.2, 0.25) is 0 Å². The summed E-state index contributed by atoms with van der Waals surface area (Å²) in [5, 5.41) is 6.73. The number of amides is 2. The summed E-state index contributed by atoms with van der Waals surface area (Å²) in [5.74, 6) is 0.710. The van der Waals surface area contributed by atoms with E-state index in [4.69, 9.17) is 4.52 Å². The van der Waals surface area contributed by atoms with E-state index in [9.17, 15) is 9.59 Å². The molecule has 1 fully saturated rings. The van der Waals surface area contributed by atoms with Gasteiger partial charge in [0.25, 0.3) is 5.89 Å². The summed E-state index contributed by atoms with van der Waals surface area (Å²) in [5.41, 5.74) is 1.92. The van der Waals surface area contributed by atoms with E-state index < -0.39 is 6.04 Å². The molecule has 1 N–H and O–H groups in total. The first-order chi connectivity index (χ1) is 12.1. The Hall–Kier alpha value is -2.70. The van der Waals surface area contributed by atoms with Crippen molar-refractivity contribution in [2.24, 2.45) is 0 Å². The van der Waals surface area contributed by atoms with E-state index in [1.807, 2.05) is 38.1 Å². The van der Waals surface area contributed by atoms with Crippen LogP contribution in [0.15, 0.2) is 28.8 Å². The summed E-state index contributed by atoms with van der Waals surface area (Å²) in [6, 6.07) is 7.31. The van der Waals surface area contributed by atoms with Gasteiger partial charge in [-0.25, -0.2) is 0 Å². The number of carbonyl (C=O) groups excluding carboxylic acids is 2. The summed E-state index contributed by atoms with van der Waals surface area (Å²) in [6.07, 6.45) is 1.92. The zero-order chi connectivity index (χ0) is 17.8. The molecular weight excluding hydrogens is 320 g/mol. The molecule has 1 saturated heterocycles. The van der Waals surface area contributed by atoms with Gasteiger partial charge in [0.1, 0.15) is 6.04 Å². The molecule has 0 saturated carbocycles. The fourth-order valence-electron chi connectivity index (χ4n) is 3.08. The molecule has 1 aliphatic heterocycles. The molecule has 0 spiro atoms. The minimum absolute atomic E-state index is 0.0448. The largest absolute Gasteiger partial charge is 0.347 e. The Kier molecular flexibility index (Phi) is 5.11. The average Bonchev–Trinajstić information content (AvgIpc) is 3.24. The Labute approximate surface area is 146 Å². The maximum absolute atomic E-state index is 12.4. The third-order valence-corrected chi connectivity index (χ3v) is 4.44. The maximum Gasteiger partial charge on any atom is 0.258 e. The Balaban J connectivity index is 1.63. The Morgan fingerprint density at radius 2 is 2.20 bits per heavy atom. The van der Waals surface area contributed by atoms with Gasteiger partial charge in [0.15, 0.2) is 5.82 Å². The van der Waals surface area contributed by atoms with Crippen molar-refractivity contribution in [3.05, 3.63) is 35.7 Å². The van der Waals surface area contributed by atoms with Crippen LogP contribution < -0.4 is 5.32 Å². The molecule has 1 aromatic carbocycles. The van der Waals surface area contributed by atoms with Crippen LogP contribution in [0.1, 0.15) is 37.6 Å². The van der Waals surface area contributed by atoms with Crippen LogP contribution in [0.3, 0.4) is 0 Å². The van der Waals surface area contributed by atoms with Crippen molar-refractivity contribution >= 4 is 11.8 Å². The van der Waals surface area contributed by atoms with E-state index in [0.717, 1.165) is 17.5 Å². The van der Waals surface area contributed by atoms with Gasteiger partial charge in [-0.2, -0.15) is 4.98 Å². The van der Waals surface area contributed by atoms with Crippen LogP contribution in [0.4, 0.5) is 0 Å². The van der Waals surface area contributed by atoms with Crippen molar-refractivity contribution in [3.63, 3.8) is 0 Å². The molecule has 0 unspecified atom stereocenters. The van der Waals surface area contributed by atoms with Gasteiger partial charge in [-0.05, 0) is 31.4 Å². The number of rotatable bonds is 6. The van der Waals surface area contributed by atoms with E-state index in [2.05, 4.69) is 15.5 Å². The molecule has 7 nitrogen and oxygen atoms in total. The van der Waals surface area contributed by atoms with Gasteiger partial charge in [0, 0.05) is 18.5 Å². The van der Waals surface area contributed by atoms with Crippen LogP contribution in [-0.2, 0) is 16.1 Å². The second-order valence-electron chi connectivity index (χ2n) is 6.16. The van der Waals surface area contributed by atoms with Gasteiger partial charge in [-0.3, -0.25) is 9.59 Å². The first kappa shape index (κ1) is 17.1. The Bertz CT molecular complexity index is 771. The highest BCUT2D eigenvalue weighted by molar-refractivity contribution is 5.88. The molecule has 2 amide bonds. The fourth-order valence-corrected chi connectivity index (χ4v) is 3.08. The van der Waals surface area contributed by atoms with Crippen LogP contribution in [-0.4, -0.2) is 39.4 Å². The molecule has 25 heavy (non-hydrogen) atoms. The molecule has 2 aromatic rings. The normalized spacial score (nSPS) is 15.4. The average molecular weight is 342 g/mol. The number of nitrogens with one attached hydrogen (secondary N) is 1. The summed E-state index contributed by atoms with van der Waals surface area (Å²) < 4.78 is 5.29. The van der Waals surface area contributed by atoms with E-state index in [1.165, 1.54) is 0 Å². The topological polar surface area (TPSA) is 88.3 Å². The lowest BCUT2D eigenvalue weighted by Gasteiger charge is -2.25. The van der Waals surface area contributed by atoms with Gasteiger partial charge in [-0.15, -0.1) is 0 Å². The third kappa shape index (κ3) is 3.70. The zero-order valence-corrected chi connectivity index (χ0v) is 14.5. The number of nitrogens with zero attached hydrogens (tertiary/aromatic N) is 3. The van der Waals surface area contributed by atoms with Crippen molar-refractivity contribution in [3.8, 4) is 11.5 Å². The number of hydrogen-bond donors (Lipinski definition) is 1. The van der Waals surface area contributed by atoms with Crippen LogP contribution >= 0.6 is 0 Å². The van der Waals surface area contributed by atoms with Gasteiger partial charge in [0.05, 0.1) is 6.54 Å². The summed E-state index contributed by atoms with van der Waals surface area (Å²) in [6.45, 7) is 4.69. The van der Waals surface area contributed by atoms with Crippen molar-refractivity contribution in [1.82, 2.24) is 20.4 Å². The quantitative estimate of drug-likeness (QED) is 0.868.